The van der Waals surface area contributed by atoms with E-state index in [1.165, 1.54) is 0 Å². The molecule has 0 rings (SSSR count). The Morgan fingerprint density at radius 3 is 2.47 bits per heavy atom. The Labute approximate surface area is 86.8 Å². The first-order chi connectivity index (χ1) is 7.02. The van der Waals surface area contributed by atoms with Gasteiger partial charge in [-0.3, -0.25) is 0 Å². The molecule has 0 aromatic carbocycles. The molecule has 3 N–H and O–H groups in total. The lowest BCUT2D eigenvalue weighted by Crippen LogP contribution is -2.38. The van der Waals surface area contributed by atoms with Gasteiger partial charge in [0.05, 0.1) is 12.7 Å². The zero-order valence-electron chi connectivity index (χ0n) is 8.07. The van der Waals surface area contributed by atoms with Gasteiger partial charge in [0.1, 0.15) is 12.2 Å². The second kappa shape index (κ2) is 7.10. The average molecular weight is 218 g/mol. The molecular weight excluding hydrogens is 204 g/mol. The molecule has 6 heteroatoms. The summed E-state index contributed by atoms with van der Waals surface area (Å²) in [5.41, 5.74) is 0. The van der Waals surface area contributed by atoms with Crippen LogP contribution < -0.4 is 0 Å². The highest BCUT2D eigenvalue weighted by Crippen LogP contribution is 2.03. The van der Waals surface area contributed by atoms with Gasteiger partial charge < -0.3 is 24.9 Å². The van der Waals surface area contributed by atoms with Crippen molar-refractivity contribution in [2.45, 2.75) is 24.7 Å². The first kappa shape index (κ1) is 13.8. The second-order valence-electron chi connectivity index (χ2n) is 2.84. The monoisotopic (exact) mass is 218 g/mol. The van der Waals surface area contributed by atoms with Gasteiger partial charge in [-0.25, -0.2) is 4.79 Å². The van der Waals surface area contributed by atoms with E-state index in [-0.39, 0.29) is 19.3 Å². The van der Waals surface area contributed by atoms with Crippen molar-refractivity contribution >= 4 is 12.3 Å². The topological polar surface area (TPSA) is 104 Å². The Morgan fingerprint density at radius 2 is 2.00 bits per heavy atom. The zero-order valence-corrected chi connectivity index (χ0v) is 8.07. The third-order valence-corrected chi connectivity index (χ3v) is 1.71. The molecule has 6 nitrogen and oxygen atoms in total. The van der Waals surface area contributed by atoms with Crippen molar-refractivity contribution in [2.24, 2.45) is 0 Å². The predicted octanol–water partition coefficient (Wildman–Crippen LogP) is -1.61. The van der Waals surface area contributed by atoms with E-state index in [2.05, 4.69) is 11.3 Å². The van der Waals surface area contributed by atoms with E-state index >= 15 is 0 Å². The Balaban J connectivity index is 3.82. The highest BCUT2D eigenvalue weighted by Gasteiger charge is 2.23. The standard InChI is InChI=1S/C9H14O6/c1-2-8(13)15-4-3-6(11)9(14)7(12)5-10/h2,5-7,9,11-12,14H,1,3-4H2. The average Bonchev–Trinajstić information content (AvgIpc) is 2.26. The number of aliphatic hydroxyl groups excluding tert-OH is 3. The first-order valence-corrected chi connectivity index (χ1v) is 4.31. The Hall–Kier alpha value is -1.24. The van der Waals surface area contributed by atoms with Crippen molar-refractivity contribution in [2.75, 3.05) is 6.61 Å². The number of esters is 1. The molecule has 0 saturated heterocycles. The van der Waals surface area contributed by atoms with E-state index in [1.807, 2.05) is 0 Å². The summed E-state index contributed by atoms with van der Waals surface area (Å²) in [6, 6.07) is 0. The quantitative estimate of drug-likeness (QED) is 0.270. The van der Waals surface area contributed by atoms with Crippen LogP contribution in [0, 0.1) is 0 Å². The van der Waals surface area contributed by atoms with Gasteiger partial charge in [0, 0.05) is 12.5 Å². The molecule has 3 unspecified atom stereocenters. The second-order valence-corrected chi connectivity index (χ2v) is 2.84. The van der Waals surface area contributed by atoms with Crippen molar-refractivity contribution in [3.63, 3.8) is 0 Å². The minimum Gasteiger partial charge on any atom is -0.462 e. The third kappa shape index (κ3) is 5.26. The van der Waals surface area contributed by atoms with Gasteiger partial charge in [-0.1, -0.05) is 6.58 Å². The molecule has 0 radical (unpaired) electrons. The Bertz CT molecular complexity index is 227. The fourth-order valence-electron chi connectivity index (χ4n) is 0.818. The summed E-state index contributed by atoms with van der Waals surface area (Å²) in [6.45, 7) is 3.03. The number of aldehydes is 1. The molecule has 0 aromatic rings. The van der Waals surface area contributed by atoms with Crippen LogP contribution in [-0.4, -0.2) is 52.5 Å². The lowest BCUT2D eigenvalue weighted by atomic mass is 10.1. The van der Waals surface area contributed by atoms with Gasteiger partial charge in [0.25, 0.3) is 0 Å². The summed E-state index contributed by atoms with van der Waals surface area (Å²) in [5.74, 6) is -0.646. The molecule has 0 bridgehead atoms. The Morgan fingerprint density at radius 1 is 1.40 bits per heavy atom. The molecule has 0 amide bonds. The fourth-order valence-corrected chi connectivity index (χ4v) is 0.818. The lowest BCUT2D eigenvalue weighted by Gasteiger charge is -2.18. The largest absolute Gasteiger partial charge is 0.462 e. The van der Waals surface area contributed by atoms with Gasteiger partial charge in [-0.05, 0) is 0 Å². The number of carbonyl (C=O) groups excluding carboxylic acids is 2. The lowest BCUT2D eigenvalue weighted by molar-refractivity contribution is -0.140. The van der Waals surface area contributed by atoms with Gasteiger partial charge in [-0.15, -0.1) is 0 Å². The maximum absolute atomic E-state index is 10.6. The van der Waals surface area contributed by atoms with Gasteiger partial charge >= 0.3 is 5.97 Å². The van der Waals surface area contributed by atoms with Crippen LogP contribution in [0.25, 0.3) is 0 Å². The summed E-state index contributed by atoms with van der Waals surface area (Å²) < 4.78 is 4.53. The molecule has 0 aliphatic heterocycles. The number of ether oxygens (including phenoxy) is 1. The molecule has 0 spiro atoms. The molecule has 86 valence electrons. The third-order valence-electron chi connectivity index (χ3n) is 1.71. The van der Waals surface area contributed by atoms with E-state index < -0.39 is 24.3 Å². The molecular formula is C9H14O6. The fraction of sp³-hybridized carbons (Fsp3) is 0.556. The highest BCUT2D eigenvalue weighted by atomic mass is 16.5. The normalized spacial score (nSPS) is 16.2. The van der Waals surface area contributed by atoms with Gasteiger partial charge in [-0.2, -0.15) is 0 Å². The van der Waals surface area contributed by atoms with Crippen molar-refractivity contribution in [3.8, 4) is 0 Å². The van der Waals surface area contributed by atoms with Crippen LogP contribution in [0.15, 0.2) is 12.7 Å². The number of aliphatic hydroxyl groups is 3. The van der Waals surface area contributed by atoms with E-state index in [9.17, 15) is 14.7 Å². The van der Waals surface area contributed by atoms with Crippen LogP contribution in [-0.2, 0) is 14.3 Å². The first-order valence-electron chi connectivity index (χ1n) is 4.31. The molecule has 0 aliphatic rings. The molecule has 0 fully saturated rings. The van der Waals surface area contributed by atoms with Crippen LogP contribution in [0.4, 0.5) is 0 Å². The van der Waals surface area contributed by atoms with E-state index in [4.69, 9.17) is 10.2 Å². The van der Waals surface area contributed by atoms with Crippen molar-refractivity contribution in [1.29, 1.82) is 0 Å². The number of carbonyl (C=O) groups is 2. The molecule has 0 aliphatic carbocycles. The molecule has 0 aromatic heterocycles. The van der Waals surface area contributed by atoms with Crippen molar-refractivity contribution in [1.82, 2.24) is 0 Å². The minimum absolute atomic E-state index is 0.0777. The maximum atomic E-state index is 10.6. The van der Waals surface area contributed by atoms with Gasteiger partial charge in [0.15, 0.2) is 6.29 Å². The van der Waals surface area contributed by atoms with E-state index in [0.29, 0.717) is 0 Å². The van der Waals surface area contributed by atoms with Crippen molar-refractivity contribution in [3.05, 3.63) is 12.7 Å². The molecule has 3 atom stereocenters. The van der Waals surface area contributed by atoms with Gasteiger partial charge in [0.2, 0.25) is 0 Å². The number of hydrogen-bond donors (Lipinski definition) is 3. The van der Waals surface area contributed by atoms with Crippen LogP contribution in [0.2, 0.25) is 0 Å². The number of rotatable bonds is 7. The number of hydrogen-bond acceptors (Lipinski definition) is 6. The van der Waals surface area contributed by atoms with E-state index in [0.717, 1.165) is 6.08 Å². The van der Waals surface area contributed by atoms with Crippen LogP contribution in [0.1, 0.15) is 6.42 Å². The highest BCUT2D eigenvalue weighted by molar-refractivity contribution is 5.81. The van der Waals surface area contributed by atoms with Crippen LogP contribution >= 0.6 is 0 Å². The molecule has 15 heavy (non-hydrogen) atoms. The summed E-state index contributed by atoms with van der Waals surface area (Å²) in [6.07, 6.45) is -3.55. The molecule has 0 saturated carbocycles. The summed E-state index contributed by atoms with van der Waals surface area (Å²) >= 11 is 0. The van der Waals surface area contributed by atoms with Crippen molar-refractivity contribution < 1.29 is 29.6 Å². The minimum atomic E-state index is -1.64. The zero-order chi connectivity index (χ0) is 11.8. The SMILES string of the molecule is C=CC(=O)OCCC(O)C(O)C(O)C=O. The van der Waals surface area contributed by atoms with Crippen LogP contribution in [0.3, 0.4) is 0 Å². The summed E-state index contributed by atoms with van der Waals surface area (Å²) in [7, 11) is 0. The van der Waals surface area contributed by atoms with Crippen LogP contribution in [0.5, 0.6) is 0 Å². The summed E-state index contributed by atoms with van der Waals surface area (Å²) in [5, 5.41) is 27.2. The smallest absolute Gasteiger partial charge is 0.330 e. The summed E-state index contributed by atoms with van der Waals surface area (Å²) in [4.78, 5) is 20.6. The maximum Gasteiger partial charge on any atom is 0.330 e. The van der Waals surface area contributed by atoms with E-state index in [1.54, 1.807) is 0 Å². The predicted molar refractivity (Wildman–Crippen MR) is 49.9 cm³/mol. The molecule has 0 heterocycles. The Kier molecular flexibility index (Phi) is 6.52.